The second-order valence-electron chi connectivity index (χ2n) is 5.03. The van der Waals surface area contributed by atoms with E-state index < -0.39 is 15.1 Å². The summed E-state index contributed by atoms with van der Waals surface area (Å²) >= 11 is 0. The quantitative estimate of drug-likeness (QED) is 0.517. The number of hydrogen-bond donors (Lipinski definition) is 1. The van der Waals surface area contributed by atoms with Crippen molar-refractivity contribution in [2.75, 3.05) is 0 Å². The first-order chi connectivity index (χ1) is 9.55. The van der Waals surface area contributed by atoms with Crippen molar-refractivity contribution in [2.45, 2.75) is 42.8 Å². The van der Waals surface area contributed by atoms with Crippen molar-refractivity contribution < 1.29 is 13.6 Å². The average Bonchev–Trinajstić information content (AvgIpc) is 2.39. The molecule has 1 aliphatic rings. The number of benzene rings is 1. The minimum Gasteiger partial charge on any atom is -0.411 e. The maximum atomic E-state index is 12.7. The molecule has 1 unspecified atom stereocenters. The standard InChI is InChI=1S/C15H19NO3S/c1-12-8-10-13(11-9-12)20(18,19)15-7-5-3-2-4-6-14(15)16-17/h2-3,8-11,15,17H,4-7H2,1H3/b3-2-,16-14+. The Balaban J connectivity index is 2.39. The van der Waals surface area contributed by atoms with E-state index >= 15 is 0 Å². The molecule has 1 atom stereocenters. The molecule has 0 aromatic heterocycles. The van der Waals surface area contributed by atoms with Gasteiger partial charge in [-0.1, -0.05) is 35.0 Å². The summed E-state index contributed by atoms with van der Waals surface area (Å²) in [6.07, 6.45) is 6.30. The second kappa shape index (κ2) is 6.22. The third-order valence-corrected chi connectivity index (χ3v) is 5.74. The number of aryl methyl sites for hydroxylation is 1. The van der Waals surface area contributed by atoms with E-state index in [4.69, 9.17) is 5.21 Å². The van der Waals surface area contributed by atoms with Gasteiger partial charge in [0.1, 0.15) is 5.25 Å². The fourth-order valence-electron chi connectivity index (χ4n) is 2.38. The van der Waals surface area contributed by atoms with Crippen LogP contribution in [0.1, 0.15) is 31.2 Å². The van der Waals surface area contributed by atoms with Crippen LogP contribution in [0.2, 0.25) is 0 Å². The molecule has 0 bridgehead atoms. The van der Waals surface area contributed by atoms with Crippen LogP contribution in [0.15, 0.2) is 46.5 Å². The molecule has 0 spiro atoms. The second-order valence-corrected chi connectivity index (χ2v) is 7.16. The molecule has 5 heteroatoms. The van der Waals surface area contributed by atoms with Crippen LogP contribution in [-0.4, -0.2) is 24.6 Å². The smallest absolute Gasteiger partial charge is 0.186 e. The Kier molecular flexibility index (Phi) is 4.60. The van der Waals surface area contributed by atoms with E-state index in [0.717, 1.165) is 5.56 Å². The highest BCUT2D eigenvalue weighted by Crippen LogP contribution is 2.24. The molecule has 4 nitrogen and oxygen atoms in total. The number of nitrogens with zero attached hydrogens (tertiary/aromatic N) is 1. The topological polar surface area (TPSA) is 66.7 Å². The lowest BCUT2D eigenvalue weighted by Gasteiger charge is -2.19. The Hall–Kier alpha value is -1.62. The van der Waals surface area contributed by atoms with Gasteiger partial charge in [-0.25, -0.2) is 8.42 Å². The van der Waals surface area contributed by atoms with Gasteiger partial charge in [-0.05, 0) is 44.7 Å². The van der Waals surface area contributed by atoms with Crippen LogP contribution >= 0.6 is 0 Å². The van der Waals surface area contributed by atoms with Gasteiger partial charge in [-0.3, -0.25) is 0 Å². The summed E-state index contributed by atoms with van der Waals surface area (Å²) in [5.41, 5.74) is 1.37. The highest BCUT2D eigenvalue weighted by atomic mass is 32.2. The SMILES string of the molecule is Cc1ccc(S(=O)(=O)C2CC/C=C\CC/C2=N\O)cc1. The van der Waals surface area contributed by atoms with Crippen molar-refractivity contribution in [3.63, 3.8) is 0 Å². The number of allylic oxidation sites excluding steroid dienone is 2. The highest BCUT2D eigenvalue weighted by molar-refractivity contribution is 7.92. The summed E-state index contributed by atoms with van der Waals surface area (Å²) in [4.78, 5) is 0.291. The third-order valence-electron chi connectivity index (χ3n) is 3.55. The molecule has 0 saturated heterocycles. The molecular weight excluding hydrogens is 274 g/mol. The molecule has 0 fully saturated rings. The lowest BCUT2D eigenvalue weighted by atomic mass is 10.0. The summed E-state index contributed by atoms with van der Waals surface area (Å²) in [7, 11) is -3.50. The Morgan fingerprint density at radius 1 is 1.15 bits per heavy atom. The fourth-order valence-corrected chi connectivity index (χ4v) is 4.20. The fraction of sp³-hybridized carbons (Fsp3) is 0.400. The van der Waals surface area contributed by atoms with E-state index in [0.29, 0.717) is 36.3 Å². The molecule has 0 amide bonds. The molecule has 0 aliphatic heterocycles. The monoisotopic (exact) mass is 293 g/mol. The molecule has 0 radical (unpaired) electrons. The molecule has 1 aliphatic carbocycles. The Bertz CT molecular complexity index is 615. The first-order valence-corrected chi connectivity index (χ1v) is 8.26. The zero-order chi connectivity index (χ0) is 14.6. The summed E-state index contributed by atoms with van der Waals surface area (Å²) in [6.45, 7) is 1.91. The minimum atomic E-state index is -3.50. The molecule has 1 aromatic carbocycles. The van der Waals surface area contributed by atoms with Crippen LogP contribution < -0.4 is 0 Å². The Morgan fingerprint density at radius 3 is 2.45 bits per heavy atom. The van der Waals surface area contributed by atoms with Gasteiger partial charge in [0.25, 0.3) is 0 Å². The number of sulfone groups is 1. The third kappa shape index (κ3) is 3.10. The molecule has 1 N–H and O–H groups in total. The van der Waals surface area contributed by atoms with Crippen LogP contribution in [0.4, 0.5) is 0 Å². The maximum Gasteiger partial charge on any atom is 0.186 e. The lowest BCUT2D eigenvalue weighted by molar-refractivity contribution is 0.316. The number of rotatable bonds is 2. The van der Waals surface area contributed by atoms with Crippen molar-refractivity contribution in [3.8, 4) is 0 Å². The summed E-state index contributed by atoms with van der Waals surface area (Å²) in [5.74, 6) is 0. The van der Waals surface area contributed by atoms with Gasteiger partial charge in [-0.15, -0.1) is 0 Å². The summed E-state index contributed by atoms with van der Waals surface area (Å²) in [5, 5.41) is 11.6. The van der Waals surface area contributed by atoms with E-state index in [1.807, 2.05) is 19.1 Å². The number of hydrogen-bond acceptors (Lipinski definition) is 4. The van der Waals surface area contributed by atoms with E-state index in [9.17, 15) is 8.42 Å². The summed E-state index contributed by atoms with van der Waals surface area (Å²) < 4.78 is 25.4. The lowest BCUT2D eigenvalue weighted by Crippen LogP contribution is -2.31. The Morgan fingerprint density at radius 2 is 1.80 bits per heavy atom. The van der Waals surface area contributed by atoms with Gasteiger partial charge in [-0.2, -0.15) is 0 Å². The molecule has 20 heavy (non-hydrogen) atoms. The Labute approximate surface area is 119 Å². The van der Waals surface area contributed by atoms with Crippen molar-refractivity contribution in [2.24, 2.45) is 5.16 Å². The zero-order valence-corrected chi connectivity index (χ0v) is 12.3. The molecule has 0 saturated carbocycles. The predicted molar refractivity (Wildman–Crippen MR) is 79.0 cm³/mol. The molecule has 1 aromatic rings. The van der Waals surface area contributed by atoms with Gasteiger partial charge in [0.05, 0.1) is 10.6 Å². The molecular formula is C15H19NO3S. The zero-order valence-electron chi connectivity index (χ0n) is 11.5. The van der Waals surface area contributed by atoms with E-state index in [-0.39, 0.29) is 0 Å². The van der Waals surface area contributed by atoms with Crippen molar-refractivity contribution in [1.82, 2.24) is 0 Å². The first-order valence-electron chi connectivity index (χ1n) is 6.72. The predicted octanol–water partition coefficient (Wildman–Crippen LogP) is 3.10. The van der Waals surface area contributed by atoms with E-state index in [2.05, 4.69) is 5.16 Å². The molecule has 0 heterocycles. The minimum absolute atomic E-state index is 0.291. The number of oxime groups is 1. The summed E-state index contributed by atoms with van der Waals surface area (Å²) in [6, 6.07) is 6.81. The van der Waals surface area contributed by atoms with Crippen LogP contribution in [0, 0.1) is 6.92 Å². The maximum absolute atomic E-state index is 12.7. The first kappa shape index (κ1) is 14.8. The van der Waals surface area contributed by atoms with E-state index in [1.54, 1.807) is 24.3 Å². The van der Waals surface area contributed by atoms with Crippen molar-refractivity contribution in [3.05, 3.63) is 42.0 Å². The van der Waals surface area contributed by atoms with Crippen LogP contribution in [0.3, 0.4) is 0 Å². The normalized spacial score (nSPS) is 24.1. The van der Waals surface area contributed by atoms with Gasteiger partial charge in [0, 0.05) is 0 Å². The van der Waals surface area contributed by atoms with Crippen LogP contribution in [0.5, 0.6) is 0 Å². The average molecular weight is 293 g/mol. The van der Waals surface area contributed by atoms with Gasteiger partial charge in [0.2, 0.25) is 0 Å². The molecule has 108 valence electrons. The van der Waals surface area contributed by atoms with Crippen LogP contribution in [0.25, 0.3) is 0 Å². The van der Waals surface area contributed by atoms with Gasteiger partial charge >= 0.3 is 0 Å². The van der Waals surface area contributed by atoms with Crippen molar-refractivity contribution in [1.29, 1.82) is 0 Å². The van der Waals surface area contributed by atoms with Gasteiger partial charge in [0.15, 0.2) is 9.84 Å². The largest absolute Gasteiger partial charge is 0.411 e. The molecule has 2 rings (SSSR count). The van der Waals surface area contributed by atoms with E-state index in [1.165, 1.54) is 0 Å². The van der Waals surface area contributed by atoms with Gasteiger partial charge < -0.3 is 5.21 Å². The van der Waals surface area contributed by atoms with Crippen molar-refractivity contribution >= 4 is 15.5 Å². The highest BCUT2D eigenvalue weighted by Gasteiger charge is 2.32. The van der Waals surface area contributed by atoms with Crippen LogP contribution in [-0.2, 0) is 9.84 Å².